The number of nitro benzene ring substituents is 1. The summed E-state index contributed by atoms with van der Waals surface area (Å²) in [7, 11) is 0. The van der Waals surface area contributed by atoms with E-state index in [1.165, 1.54) is 24.3 Å². The van der Waals surface area contributed by atoms with Crippen molar-refractivity contribution in [1.29, 1.82) is 0 Å². The van der Waals surface area contributed by atoms with Gasteiger partial charge in [-0.3, -0.25) is 14.9 Å². The van der Waals surface area contributed by atoms with Gasteiger partial charge in [0.25, 0.3) is 0 Å². The van der Waals surface area contributed by atoms with Gasteiger partial charge in [0.2, 0.25) is 11.7 Å². The number of ether oxygens (including phenoxy) is 1. The SMILES string of the molecule is NC(=O)c1ccc(Oc2ccc(F)c(Br)c2)c([N+](=O)[O-])c1. The van der Waals surface area contributed by atoms with Crippen molar-refractivity contribution in [3.05, 3.63) is 62.4 Å². The molecule has 21 heavy (non-hydrogen) atoms. The van der Waals surface area contributed by atoms with E-state index >= 15 is 0 Å². The van der Waals surface area contributed by atoms with Crippen LogP contribution < -0.4 is 10.5 Å². The number of nitro groups is 1. The number of halogens is 2. The number of carbonyl (C=O) groups is 1. The number of nitrogens with zero attached hydrogens (tertiary/aromatic N) is 1. The van der Waals surface area contributed by atoms with Crippen molar-refractivity contribution in [3.63, 3.8) is 0 Å². The van der Waals surface area contributed by atoms with Crippen LogP contribution in [0.15, 0.2) is 40.9 Å². The highest BCUT2D eigenvalue weighted by atomic mass is 79.9. The van der Waals surface area contributed by atoms with Gasteiger partial charge in [-0.15, -0.1) is 0 Å². The van der Waals surface area contributed by atoms with E-state index in [1.54, 1.807) is 0 Å². The van der Waals surface area contributed by atoms with Crippen molar-refractivity contribution in [2.75, 3.05) is 0 Å². The lowest BCUT2D eigenvalue weighted by molar-refractivity contribution is -0.385. The van der Waals surface area contributed by atoms with Crippen molar-refractivity contribution < 1.29 is 18.8 Å². The van der Waals surface area contributed by atoms with Crippen molar-refractivity contribution in [3.8, 4) is 11.5 Å². The Hall–Kier alpha value is -2.48. The molecule has 0 spiro atoms. The molecule has 0 fully saturated rings. The normalized spacial score (nSPS) is 10.2. The van der Waals surface area contributed by atoms with E-state index in [0.717, 1.165) is 12.1 Å². The fourth-order valence-corrected chi connectivity index (χ4v) is 1.92. The highest BCUT2D eigenvalue weighted by Crippen LogP contribution is 2.33. The van der Waals surface area contributed by atoms with Crippen LogP contribution in [0, 0.1) is 15.9 Å². The van der Waals surface area contributed by atoms with Crippen molar-refractivity contribution in [2.45, 2.75) is 0 Å². The van der Waals surface area contributed by atoms with Gasteiger partial charge < -0.3 is 10.5 Å². The quantitative estimate of drug-likeness (QED) is 0.672. The predicted octanol–water partition coefficient (Wildman–Crippen LogP) is 3.39. The highest BCUT2D eigenvalue weighted by molar-refractivity contribution is 9.10. The monoisotopic (exact) mass is 354 g/mol. The Morgan fingerprint density at radius 3 is 2.57 bits per heavy atom. The number of primary amides is 1. The van der Waals surface area contributed by atoms with Gasteiger partial charge in [-0.1, -0.05) is 0 Å². The summed E-state index contributed by atoms with van der Waals surface area (Å²) in [5, 5.41) is 11.0. The lowest BCUT2D eigenvalue weighted by Gasteiger charge is -2.07. The second kappa shape index (κ2) is 5.88. The molecule has 0 saturated carbocycles. The zero-order valence-electron chi connectivity index (χ0n) is 10.4. The Balaban J connectivity index is 2.41. The smallest absolute Gasteiger partial charge is 0.312 e. The molecule has 0 radical (unpaired) electrons. The summed E-state index contributed by atoms with van der Waals surface area (Å²) in [4.78, 5) is 21.4. The fraction of sp³-hybridized carbons (Fsp3) is 0. The minimum Gasteiger partial charge on any atom is -0.450 e. The molecule has 2 aromatic carbocycles. The van der Waals surface area contributed by atoms with Crippen LogP contribution in [0.2, 0.25) is 0 Å². The first-order chi connectivity index (χ1) is 9.88. The van der Waals surface area contributed by atoms with Gasteiger partial charge in [0, 0.05) is 11.6 Å². The molecule has 108 valence electrons. The van der Waals surface area contributed by atoms with E-state index in [0.29, 0.717) is 0 Å². The second-order valence-electron chi connectivity index (χ2n) is 3.98. The minimum absolute atomic E-state index is 0.00524. The standard InChI is InChI=1S/C13H8BrFN2O4/c14-9-6-8(2-3-10(9)15)21-12-4-1-7(13(16)18)5-11(12)17(19)20/h1-6H,(H2,16,18). The lowest BCUT2D eigenvalue weighted by atomic mass is 10.2. The van der Waals surface area contributed by atoms with E-state index in [-0.39, 0.29) is 21.5 Å². The first kappa shape index (κ1) is 14.9. The largest absolute Gasteiger partial charge is 0.450 e. The molecule has 0 aromatic heterocycles. The molecule has 0 saturated heterocycles. The van der Waals surface area contributed by atoms with E-state index in [4.69, 9.17) is 10.5 Å². The molecule has 6 nitrogen and oxygen atoms in total. The average Bonchev–Trinajstić information content (AvgIpc) is 2.43. The van der Waals surface area contributed by atoms with Crippen LogP contribution in [0.25, 0.3) is 0 Å². The number of benzene rings is 2. The topological polar surface area (TPSA) is 95.5 Å². The van der Waals surface area contributed by atoms with Crippen LogP contribution in [0.3, 0.4) is 0 Å². The molecule has 2 N–H and O–H groups in total. The molecule has 0 aliphatic carbocycles. The Labute approximate surface area is 126 Å². The van der Waals surface area contributed by atoms with Crippen LogP contribution in [-0.4, -0.2) is 10.8 Å². The summed E-state index contributed by atoms with van der Waals surface area (Å²) < 4.78 is 18.6. The molecule has 0 bridgehead atoms. The van der Waals surface area contributed by atoms with Crippen molar-refractivity contribution in [2.24, 2.45) is 5.73 Å². The minimum atomic E-state index is -0.783. The van der Waals surface area contributed by atoms with E-state index in [1.807, 2.05) is 0 Å². The number of amides is 1. The van der Waals surface area contributed by atoms with Crippen LogP contribution in [-0.2, 0) is 0 Å². The van der Waals surface area contributed by atoms with Gasteiger partial charge in [0.1, 0.15) is 11.6 Å². The van der Waals surface area contributed by atoms with Crippen molar-refractivity contribution >= 4 is 27.5 Å². The van der Waals surface area contributed by atoms with E-state index in [2.05, 4.69) is 15.9 Å². The zero-order valence-corrected chi connectivity index (χ0v) is 12.0. The third-order valence-electron chi connectivity index (χ3n) is 2.56. The van der Waals surface area contributed by atoms with E-state index in [9.17, 15) is 19.3 Å². The molecule has 0 unspecified atom stereocenters. The maximum atomic E-state index is 13.1. The van der Waals surface area contributed by atoms with E-state index < -0.39 is 22.3 Å². The Morgan fingerprint density at radius 1 is 1.29 bits per heavy atom. The summed E-state index contributed by atoms with van der Waals surface area (Å²) >= 11 is 2.99. The molecule has 0 aliphatic heterocycles. The Bertz CT molecular complexity index is 736. The third-order valence-corrected chi connectivity index (χ3v) is 3.17. The first-order valence-corrected chi connectivity index (χ1v) is 6.39. The molecule has 0 aliphatic rings. The van der Waals surface area contributed by atoms with Gasteiger partial charge in [0.15, 0.2) is 0 Å². The van der Waals surface area contributed by atoms with Crippen LogP contribution in [0.5, 0.6) is 11.5 Å². The van der Waals surface area contributed by atoms with Crippen LogP contribution in [0.4, 0.5) is 10.1 Å². The van der Waals surface area contributed by atoms with Gasteiger partial charge in [-0.2, -0.15) is 0 Å². The zero-order chi connectivity index (χ0) is 15.6. The number of nitrogens with two attached hydrogens (primary N) is 1. The Morgan fingerprint density at radius 2 is 2.00 bits per heavy atom. The molecule has 8 heteroatoms. The Kier molecular flexibility index (Phi) is 4.18. The van der Waals surface area contributed by atoms with Gasteiger partial charge in [-0.05, 0) is 46.3 Å². The molecule has 0 heterocycles. The number of hydrogen-bond acceptors (Lipinski definition) is 4. The van der Waals surface area contributed by atoms with Gasteiger partial charge >= 0.3 is 5.69 Å². The molecule has 2 aromatic rings. The summed E-state index contributed by atoms with van der Waals surface area (Å²) in [6, 6.07) is 7.41. The number of rotatable bonds is 4. The molecule has 1 amide bonds. The maximum Gasteiger partial charge on any atom is 0.312 e. The average molecular weight is 355 g/mol. The number of hydrogen-bond donors (Lipinski definition) is 1. The maximum absolute atomic E-state index is 13.1. The van der Waals surface area contributed by atoms with Crippen molar-refractivity contribution in [1.82, 2.24) is 0 Å². The summed E-state index contributed by atoms with van der Waals surface area (Å²) in [6.45, 7) is 0. The summed E-state index contributed by atoms with van der Waals surface area (Å²) in [6.07, 6.45) is 0. The summed E-state index contributed by atoms with van der Waals surface area (Å²) in [5.74, 6) is -1.14. The molecule has 0 atom stereocenters. The fourth-order valence-electron chi connectivity index (χ4n) is 1.57. The lowest BCUT2D eigenvalue weighted by Crippen LogP contribution is -2.11. The summed E-state index contributed by atoms with van der Waals surface area (Å²) in [5.41, 5.74) is 4.66. The van der Waals surface area contributed by atoms with Gasteiger partial charge in [-0.25, -0.2) is 4.39 Å². The highest BCUT2D eigenvalue weighted by Gasteiger charge is 2.18. The first-order valence-electron chi connectivity index (χ1n) is 5.59. The molecule has 2 rings (SSSR count). The van der Waals surface area contributed by atoms with Gasteiger partial charge in [0.05, 0.1) is 9.40 Å². The van der Waals surface area contributed by atoms with Crippen LogP contribution in [0.1, 0.15) is 10.4 Å². The predicted molar refractivity (Wildman–Crippen MR) is 75.8 cm³/mol. The number of carbonyl (C=O) groups excluding carboxylic acids is 1. The van der Waals surface area contributed by atoms with Crippen LogP contribution >= 0.6 is 15.9 Å². The third kappa shape index (κ3) is 3.34. The second-order valence-corrected chi connectivity index (χ2v) is 4.84. The molecular formula is C13H8BrFN2O4. The molecular weight excluding hydrogens is 347 g/mol.